The lowest BCUT2D eigenvalue weighted by Crippen LogP contribution is -2.45. The molecule has 0 spiro atoms. The fraction of sp³-hybridized carbons (Fsp3) is 0.533. The van der Waals surface area contributed by atoms with Crippen molar-refractivity contribution in [3.63, 3.8) is 0 Å². The molecule has 1 aliphatic rings. The van der Waals surface area contributed by atoms with Gasteiger partial charge in [0.2, 0.25) is 10.0 Å². The molecule has 0 unspecified atom stereocenters. The van der Waals surface area contributed by atoms with Gasteiger partial charge in [-0.1, -0.05) is 6.07 Å². The van der Waals surface area contributed by atoms with Crippen molar-refractivity contribution in [2.24, 2.45) is 0 Å². The third-order valence-electron chi connectivity index (χ3n) is 3.71. The lowest BCUT2D eigenvalue weighted by Gasteiger charge is -2.35. The lowest BCUT2D eigenvalue weighted by molar-refractivity contribution is -0.0615. The van der Waals surface area contributed by atoms with E-state index in [1.165, 1.54) is 19.2 Å². The van der Waals surface area contributed by atoms with E-state index in [9.17, 15) is 13.2 Å². The van der Waals surface area contributed by atoms with Gasteiger partial charge in [-0.05, 0) is 51.9 Å². The maximum atomic E-state index is 12.3. The minimum Gasteiger partial charge on any atom is -0.375 e. The van der Waals surface area contributed by atoms with Crippen molar-refractivity contribution in [1.82, 2.24) is 10.0 Å². The van der Waals surface area contributed by atoms with Crippen LogP contribution in [0.4, 0.5) is 0 Å². The highest BCUT2D eigenvalue weighted by molar-refractivity contribution is 7.89. The second-order valence-electron chi connectivity index (χ2n) is 6.01. The molecule has 7 heteroatoms. The van der Waals surface area contributed by atoms with Crippen molar-refractivity contribution >= 4 is 15.9 Å². The molecule has 1 aliphatic heterocycles. The topological polar surface area (TPSA) is 84.5 Å². The van der Waals surface area contributed by atoms with Gasteiger partial charge in [0, 0.05) is 18.2 Å². The normalized spacial score (nSPS) is 21.3. The molecule has 0 bridgehead atoms. The molecule has 22 heavy (non-hydrogen) atoms. The third-order valence-corrected chi connectivity index (χ3v) is 5.12. The van der Waals surface area contributed by atoms with Crippen LogP contribution in [0.3, 0.4) is 0 Å². The molecule has 1 aromatic rings. The summed E-state index contributed by atoms with van der Waals surface area (Å²) in [6.45, 7) is 4.59. The molecule has 0 aliphatic carbocycles. The van der Waals surface area contributed by atoms with Gasteiger partial charge in [0.15, 0.2) is 0 Å². The third kappa shape index (κ3) is 4.06. The van der Waals surface area contributed by atoms with Crippen molar-refractivity contribution in [2.75, 3.05) is 13.7 Å². The Morgan fingerprint density at radius 3 is 2.73 bits per heavy atom. The van der Waals surface area contributed by atoms with Gasteiger partial charge in [0.05, 0.1) is 10.5 Å². The van der Waals surface area contributed by atoms with Crippen LogP contribution in [0.2, 0.25) is 0 Å². The average Bonchev–Trinajstić information content (AvgIpc) is 2.46. The summed E-state index contributed by atoms with van der Waals surface area (Å²) >= 11 is 0. The Kier molecular flexibility index (Phi) is 4.89. The van der Waals surface area contributed by atoms with Gasteiger partial charge >= 0.3 is 0 Å². The second-order valence-corrected chi connectivity index (χ2v) is 7.89. The van der Waals surface area contributed by atoms with Gasteiger partial charge in [-0.15, -0.1) is 0 Å². The van der Waals surface area contributed by atoms with Gasteiger partial charge in [-0.2, -0.15) is 0 Å². The van der Waals surface area contributed by atoms with Crippen LogP contribution in [0.1, 0.15) is 37.0 Å². The summed E-state index contributed by atoms with van der Waals surface area (Å²) in [4.78, 5) is 12.4. The molecule has 2 rings (SSSR count). The Bertz CT molecular complexity index is 655. The molecule has 1 amide bonds. The minimum absolute atomic E-state index is 0.0285. The van der Waals surface area contributed by atoms with E-state index in [1.807, 2.05) is 13.8 Å². The summed E-state index contributed by atoms with van der Waals surface area (Å²) in [5.41, 5.74) is 0.0775. The Morgan fingerprint density at radius 2 is 2.09 bits per heavy atom. The molecule has 1 aromatic carbocycles. The maximum absolute atomic E-state index is 12.3. The fourth-order valence-corrected chi connectivity index (χ4v) is 3.32. The molecule has 122 valence electrons. The molecule has 1 saturated heterocycles. The van der Waals surface area contributed by atoms with Gasteiger partial charge in [0.25, 0.3) is 5.91 Å². The number of nitrogens with one attached hydrogen (secondary N) is 2. The summed E-state index contributed by atoms with van der Waals surface area (Å²) in [7, 11) is -2.22. The van der Waals surface area contributed by atoms with Crippen LogP contribution >= 0.6 is 0 Å². The van der Waals surface area contributed by atoms with Gasteiger partial charge in [0.1, 0.15) is 0 Å². The number of hydrogen-bond acceptors (Lipinski definition) is 4. The quantitative estimate of drug-likeness (QED) is 0.873. The van der Waals surface area contributed by atoms with Crippen molar-refractivity contribution in [3.8, 4) is 0 Å². The summed E-state index contributed by atoms with van der Waals surface area (Å²) in [5, 5.41) is 2.95. The van der Waals surface area contributed by atoms with E-state index in [0.29, 0.717) is 12.2 Å². The summed E-state index contributed by atoms with van der Waals surface area (Å²) in [6.07, 6.45) is 1.48. The van der Waals surface area contributed by atoms with Crippen LogP contribution in [0, 0.1) is 0 Å². The van der Waals surface area contributed by atoms with E-state index in [0.717, 1.165) is 12.8 Å². The second kappa shape index (κ2) is 6.36. The van der Waals surface area contributed by atoms with Gasteiger partial charge in [-0.25, -0.2) is 13.1 Å². The molecule has 1 heterocycles. The summed E-state index contributed by atoms with van der Waals surface area (Å²) in [6, 6.07) is 6.04. The van der Waals surface area contributed by atoms with Crippen LogP contribution in [0.15, 0.2) is 29.2 Å². The first-order chi connectivity index (χ1) is 10.2. The molecule has 0 saturated carbocycles. The first-order valence-electron chi connectivity index (χ1n) is 7.22. The number of sulfonamides is 1. The molecule has 2 N–H and O–H groups in total. The zero-order chi connectivity index (χ0) is 16.4. The van der Waals surface area contributed by atoms with E-state index in [-0.39, 0.29) is 22.4 Å². The van der Waals surface area contributed by atoms with Crippen molar-refractivity contribution in [2.45, 2.75) is 43.2 Å². The number of hydrogen-bond donors (Lipinski definition) is 2. The molecule has 0 aromatic heterocycles. The SMILES string of the molecule is CNS(=O)(=O)c1cccc(C(=O)N[C@@H]2CCOC(C)(C)C2)c1. The molecule has 6 nitrogen and oxygen atoms in total. The minimum atomic E-state index is -3.56. The summed E-state index contributed by atoms with van der Waals surface area (Å²) < 4.78 is 31.4. The molecule has 0 radical (unpaired) electrons. The molecular weight excluding hydrogens is 304 g/mol. The highest BCUT2D eigenvalue weighted by Gasteiger charge is 2.29. The highest BCUT2D eigenvalue weighted by atomic mass is 32.2. The van der Waals surface area contributed by atoms with Crippen LogP contribution in [0.5, 0.6) is 0 Å². The van der Waals surface area contributed by atoms with Crippen LogP contribution in [-0.4, -0.2) is 39.6 Å². The van der Waals surface area contributed by atoms with Gasteiger partial charge in [-0.3, -0.25) is 4.79 Å². The number of carbonyl (C=O) groups excluding carboxylic acids is 1. The molecular formula is C15H22N2O4S. The smallest absolute Gasteiger partial charge is 0.251 e. The van der Waals surface area contributed by atoms with Crippen LogP contribution in [0.25, 0.3) is 0 Å². The largest absolute Gasteiger partial charge is 0.375 e. The van der Waals surface area contributed by atoms with Crippen molar-refractivity contribution < 1.29 is 17.9 Å². The number of ether oxygens (including phenoxy) is 1. The van der Waals surface area contributed by atoms with E-state index in [4.69, 9.17) is 4.74 Å². The standard InChI is InChI=1S/C15H22N2O4S/c1-15(2)10-12(7-8-21-15)17-14(18)11-5-4-6-13(9-11)22(19,20)16-3/h4-6,9,12,16H,7-8,10H2,1-3H3,(H,17,18)/t12-/m1/s1. The first kappa shape index (κ1) is 16.9. The first-order valence-corrected chi connectivity index (χ1v) is 8.70. The Labute approximate surface area is 131 Å². The Balaban J connectivity index is 2.12. The van der Waals surface area contributed by atoms with E-state index in [2.05, 4.69) is 10.0 Å². The molecule has 1 atom stereocenters. The van der Waals surface area contributed by atoms with E-state index >= 15 is 0 Å². The van der Waals surface area contributed by atoms with Crippen molar-refractivity contribution in [1.29, 1.82) is 0 Å². The number of carbonyl (C=O) groups is 1. The predicted molar refractivity (Wildman–Crippen MR) is 83.2 cm³/mol. The maximum Gasteiger partial charge on any atom is 0.251 e. The predicted octanol–water partition coefficient (Wildman–Crippen LogP) is 1.28. The fourth-order valence-electron chi connectivity index (χ4n) is 2.55. The molecule has 1 fully saturated rings. The van der Waals surface area contributed by atoms with Crippen molar-refractivity contribution in [3.05, 3.63) is 29.8 Å². The monoisotopic (exact) mass is 326 g/mol. The van der Waals surface area contributed by atoms with Crippen LogP contribution < -0.4 is 10.0 Å². The number of benzene rings is 1. The Hall–Kier alpha value is -1.44. The van der Waals surface area contributed by atoms with Crippen LogP contribution in [-0.2, 0) is 14.8 Å². The van der Waals surface area contributed by atoms with Gasteiger partial charge < -0.3 is 10.1 Å². The average molecular weight is 326 g/mol. The summed E-state index contributed by atoms with van der Waals surface area (Å²) in [5.74, 6) is -0.268. The lowest BCUT2D eigenvalue weighted by atomic mass is 9.94. The zero-order valence-corrected chi connectivity index (χ0v) is 13.9. The highest BCUT2D eigenvalue weighted by Crippen LogP contribution is 2.24. The zero-order valence-electron chi connectivity index (χ0n) is 13.0. The van der Waals surface area contributed by atoms with E-state index in [1.54, 1.807) is 12.1 Å². The number of amides is 1. The Morgan fingerprint density at radius 1 is 1.36 bits per heavy atom. The van der Waals surface area contributed by atoms with E-state index < -0.39 is 10.0 Å². The number of rotatable bonds is 4.